The maximum Gasteiger partial charge on any atom is 0.417 e. The van der Waals surface area contributed by atoms with E-state index in [4.69, 9.17) is 16.3 Å². The molecule has 1 heterocycles. The van der Waals surface area contributed by atoms with Gasteiger partial charge in [-0.25, -0.2) is 5.43 Å². The monoisotopic (exact) mass is 731 g/mol. The van der Waals surface area contributed by atoms with Crippen molar-refractivity contribution in [3.63, 3.8) is 0 Å². The molecule has 0 unspecified atom stereocenters. The second kappa shape index (κ2) is 18.4. The van der Waals surface area contributed by atoms with Crippen molar-refractivity contribution in [1.82, 2.24) is 10.7 Å². The van der Waals surface area contributed by atoms with Gasteiger partial charge in [0.15, 0.2) is 0 Å². The lowest BCUT2D eigenvalue weighted by molar-refractivity contribution is -0.143. The highest BCUT2D eigenvalue weighted by Gasteiger charge is 2.33. The molecule has 1 saturated heterocycles. The first-order valence-corrected chi connectivity index (χ1v) is 17.5. The number of alkyl halides is 3. The third-order valence-electron chi connectivity index (χ3n) is 7.56. The van der Waals surface area contributed by atoms with Gasteiger partial charge < -0.3 is 20.3 Å². The highest BCUT2D eigenvalue weighted by molar-refractivity contribution is 7.98. The predicted molar refractivity (Wildman–Crippen MR) is 189 cm³/mol. The third kappa shape index (κ3) is 11.5. The SMILES string of the molecule is CCOC(=O)CNC(=O)CCSCc1cccc(C(=O)Nc2ccc(N3CCCCC3)cc2C(=O)N/N=C\c2ccc(Cl)c(C(F)(F)F)c2)c1. The molecular weight excluding hydrogens is 695 g/mol. The second-order valence-corrected chi connectivity index (χ2v) is 12.8. The average Bonchev–Trinajstić information content (AvgIpc) is 3.10. The summed E-state index contributed by atoms with van der Waals surface area (Å²) in [7, 11) is 0. The van der Waals surface area contributed by atoms with E-state index in [2.05, 4.69) is 26.1 Å². The number of benzene rings is 3. The lowest BCUT2D eigenvalue weighted by Gasteiger charge is -2.29. The van der Waals surface area contributed by atoms with Crippen molar-refractivity contribution in [2.24, 2.45) is 5.10 Å². The van der Waals surface area contributed by atoms with Crippen molar-refractivity contribution in [1.29, 1.82) is 0 Å². The number of amides is 3. The Hall–Kier alpha value is -4.56. The average molecular weight is 732 g/mol. The summed E-state index contributed by atoms with van der Waals surface area (Å²) in [6.07, 6.45) is -0.255. The van der Waals surface area contributed by atoms with Gasteiger partial charge in [-0.15, -0.1) is 0 Å². The van der Waals surface area contributed by atoms with Gasteiger partial charge in [-0.3, -0.25) is 19.2 Å². The van der Waals surface area contributed by atoms with Crippen molar-refractivity contribution in [2.45, 2.75) is 44.5 Å². The van der Waals surface area contributed by atoms with E-state index in [0.717, 1.165) is 62.0 Å². The molecule has 1 fully saturated rings. The Morgan fingerprint density at radius 1 is 1.00 bits per heavy atom. The predicted octanol–water partition coefficient (Wildman–Crippen LogP) is 6.67. The molecule has 3 aromatic rings. The normalized spacial score (nSPS) is 13.2. The molecule has 0 spiro atoms. The summed E-state index contributed by atoms with van der Waals surface area (Å²) in [6, 6.07) is 15.3. The minimum Gasteiger partial charge on any atom is -0.465 e. The number of carbonyl (C=O) groups excluding carboxylic acids is 4. The Kier molecular flexibility index (Phi) is 14.1. The largest absolute Gasteiger partial charge is 0.465 e. The number of anilines is 2. The van der Waals surface area contributed by atoms with E-state index in [1.54, 1.807) is 37.3 Å². The zero-order chi connectivity index (χ0) is 36.1. The van der Waals surface area contributed by atoms with Crippen LogP contribution in [-0.2, 0) is 26.3 Å². The fraction of sp³-hybridized carbons (Fsp3) is 0.343. The molecule has 1 aliphatic heterocycles. The van der Waals surface area contributed by atoms with Gasteiger partial charge >= 0.3 is 12.1 Å². The standard InChI is InChI=1S/C35H37ClF3N5O5S/c1-2-49-32(46)21-40-31(45)13-16-50-22-24-7-6-8-25(17-24)33(47)42-30-12-10-26(44-14-4-3-5-15-44)19-27(30)34(48)43-41-20-23-9-11-29(36)28(18-23)35(37,38)39/h6-12,17-20H,2-5,13-16,21-22H2,1H3,(H,40,45)(H,42,47)(H,43,48)/b41-20-. The van der Waals surface area contributed by atoms with E-state index < -0.39 is 34.5 Å². The van der Waals surface area contributed by atoms with Gasteiger partial charge in [-0.05, 0) is 79.8 Å². The van der Waals surface area contributed by atoms with E-state index in [9.17, 15) is 32.3 Å². The Bertz CT molecular complexity index is 1720. The summed E-state index contributed by atoms with van der Waals surface area (Å²) in [5.74, 6) is -0.868. The molecule has 10 nitrogen and oxygen atoms in total. The van der Waals surface area contributed by atoms with Crippen LogP contribution in [0.3, 0.4) is 0 Å². The van der Waals surface area contributed by atoms with Crippen LogP contribution in [0.1, 0.15) is 70.0 Å². The zero-order valence-electron chi connectivity index (χ0n) is 27.3. The molecule has 266 valence electrons. The van der Waals surface area contributed by atoms with Crippen molar-refractivity contribution < 1.29 is 37.1 Å². The van der Waals surface area contributed by atoms with E-state index in [1.165, 1.54) is 17.8 Å². The summed E-state index contributed by atoms with van der Waals surface area (Å²) < 4.78 is 44.6. The van der Waals surface area contributed by atoms with Crippen molar-refractivity contribution in [3.05, 3.63) is 93.5 Å². The highest BCUT2D eigenvalue weighted by atomic mass is 35.5. The Labute approximate surface area is 297 Å². The van der Waals surface area contributed by atoms with Gasteiger partial charge in [0, 0.05) is 42.3 Å². The molecule has 0 aromatic heterocycles. The molecule has 50 heavy (non-hydrogen) atoms. The summed E-state index contributed by atoms with van der Waals surface area (Å²) in [5.41, 5.74) is 3.75. The molecule has 4 rings (SSSR count). The van der Waals surface area contributed by atoms with E-state index in [1.807, 2.05) is 12.1 Å². The van der Waals surface area contributed by atoms with E-state index in [0.29, 0.717) is 17.1 Å². The van der Waals surface area contributed by atoms with Gasteiger partial charge in [-0.2, -0.15) is 30.0 Å². The van der Waals surface area contributed by atoms with Crippen LogP contribution in [0.15, 0.2) is 65.8 Å². The second-order valence-electron chi connectivity index (χ2n) is 11.3. The fourth-order valence-electron chi connectivity index (χ4n) is 5.07. The quantitative estimate of drug-likeness (QED) is 0.0732. The van der Waals surface area contributed by atoms with Crippen LogP contribution in [0, 0.1) is 0 Å². The van der Waals surface area contributed by atoms with Gasteiger partial charge in [0.2, 0.25) is 5.91 Å². The molecule has 0 aliphatic carbocycles. The Balaban J connectivity index is 1.43. The van der Waals surface area contributed by atoms with Crippen LogP contribution in [0.4, 0.5) is 24.5 Å². The first-order chi connectivity index (χ1) is 23.9. The van der Waals surface area contributed by atoms with Crippen LogP contribution in [-0.4, -0.2) is 61.9 Å². The summed E-state index contributed by atoms with van der Waals surface area (Å²) in [6.45, 7) is 3.37. The summed E-state index contributed by atoms with van der Waals surface area (Å²) in [4.78, 5) is 52.3. The summed E-state index contributed by atoms with van der Waals surface area (Å²) in [5, 5.41) is 8.74. The van der Waals surface area contributed by atoms with Gasteiger partial charge in [0.05, 0.1) is 34.7 Å². The number of nitrogens with one attached hydrogen (secondary N) is 3. The van der Waals surface area contributed by atoms with E-state index >= 15 is 0 Å². The molecule has 1 aliphatic rings. The van der Waals surface area contributed by atoms with E-state index in [-0.39, 0.29) is 42.3 Å². The van der Waals surface area contributed by atoms with Crippen molar-refractivity contribution in [3.8, 4) is 0 Å². The molecule has 0 radical (unpaired) electrons. The minimum absolute atomic E-state index is 0.0768. The first-order valence-electron chi connectivity index (χ1n) is 15.9. The number of ether oxygens (including phenoxy) is 1. The molecule has 0 saturated carbocycles. The molecule has 15 heteroatoms. The number of hydrogen-bond acceptors (Lipinski definition) is 8. The topological polar surface area (TPSA) is 129 Å². The maximum atomic E-state index is 13.4. The number of nitrogens with zero attached hydrogens (tertiary/aromatic N) is 2. The highest BCUT2D eigenvalue weighted by Crippen LogP contribution is 2.35. The molecule has 3 amide bonds. The lowest BCUT2D eigenvalue weighted by Crippen LogP contribution is -2.30. The molecule has 0 bridgehead atoms. The molecule has 0 atom stereocenters. The minimum atomic E-state index is -4.66. The fourth-order valence-corrected chi connectivity index (χ4v) is 6.18. The number of hydrazone groups is 1. The molecular formula is C35H37ClF3N5O5S. The number of esters is 1. The van der Waals surface area contributed by atoms with Gasteiger partial charge in [-0.1, -0.05) is 29.8 Å². The van der Waals surface area contributed by atoms with Gasteiger partial charge in [0.25, 0.3) is 11.8 Å². The number of piperidine rings is 1. The smallest absolute Gasteiger partial charge is 0.417 e. The number of thioether (sulfide) groups is 1. The molecule has 3 aromatic carbocycles. The number of hydrogen-bond donors (Lipinski definition) is 3. The Morgan fingerprint density at radius 2 is 1.78 bits per heavy atom. The Morgan fingerprint density at radius 3 is 2.52 bits per heavy atom. The van der Waals surface area contributed by atoms with Crippen LogP contribution >= 0.6 is 23.4 Å². The van der Waals surface area contributed by atoms with Crippen LogP contribution in [0.25, 0.3) is 0 Å². The van der Waals surface area contributed by atoms with Gasteiger partial charge in [0.1, 0.15) is 6.54 Å². The first kappa shape index (κ1) is 38.2. The van der Waals surface area contributed by atoms with Crippen molar-refractivity contribution in [2.75, 3.05) is 42.2 Å². The third-order valence-corrected chi connectivity index (χ3v) is 8.92. The van der Waals surface area contributed by atoms with Crippen molar-refractivity contribution >= 4 is 64.6 Å². The van der Waals surface area contributed by atoms with Crippen LogP contribution in [0.2, 0.25) is 5.02 Å². The molecule has 3 N–H and O–H groups in total. The summed E-state index contributed by atoms with van der Waals surface area (Å²) >= 11 is 7.19. The maximum absolute atomic E-state index is 13.4. The number of carbonyl (C=O) groups is 4. The zero-order valence-corrected chi connectivity index (χ0v) is 28.9. The lowest BCUT2D eigenvalue weighted by atomic mass is 10.1. The van der Waals surface area contributed by atoms with Crippen LogP contribution < -0.4 is 21.0 Å². The van der Waals surface area contributed by atoms with Crippen LogP contribution in [0.5, 0.6) is 0 Å². The number of rotatable bonds is 14. The number of halogens is 4.